The van der Waals surface area contributed by atoms with Gasteiger partial charge in [0.05, 0.1) is 5.02 Å². The van der Waals surface area contributed by atoms with Crippen molar-refractivity contribution < 1.29 is 32.5 Å². The lowest BCUT2D eigenvalue weighted by molar-refractivity contribution is -0.126. The predicted molar refractivity (Wildman–Crippen MR) is 122 cm³/mol. The highest BCUT2D eigenvalue weighted by Gasteiger charge is 2.33. The van der Waals surface area contributed by atoms with Crippen molar-refractivity contribution in [1.82, 2.24) is 14.9 Å². The van der Waals surface area contributed by atoms with Gasteiger partial charge in [-0.2, -0.15) is 0 Å². The fourth-order valence-corrected chi connectivity index (χ4v) is 4.90. The first-order valence-corrected chi connectivity index (χ1v) is 12.1. The monoisotopic (exact) mass is 512 g/mol. The van der Waals surface area contributed by atoms with Crippen molar-refractivity contribution in [2.75, 3.05) is 31.1 Å². The second-order valence-corrected chi connectivity index (χ2v) is 9.24. The highest BCUT2D eigenvalue weighted by Crippen LogP contribution is 2.46. The molecule has 2 N–H and O–H groups in total. The Bertz CT molecular complexity index is 1270. The predicted octanol–water partition coefficient (Wildman–Crippen LogP) is 3.38. The minimum Gasteiger partial charge on any atom is -0.352 e. The number of phosphoric acid groups is 1. The first kappa shape index (κ1) is 24.4. The van der Waals surface area contributed by atoms with Crippen LogP contribution in [0.3, 0.4) is 0 Å². The average molecular weight is 513 g/mol. The fraction of sp³-hybridized carbons (Fsp3) is 0.286. The van der Waals surface area contributed by atoms with Crippen LogP contribution in [0.1, 0.15) is 12.0 Å². The van der Waals surface area contributed by atoms with Crippen LogP contribution >= 0.6 is 19.4 Å². The minimum atomic E-state index is -5.00. The normalized spacial score (nSPS) is 19.1. The maximum atomic E-state index is 15.7. The van der Waals surface area contributed by atoms with Gasteiger partial charge in [-0.3, -0.25) is 9.32 Å². The van der Waals surface area contributed by atoms with Gasteiger partial charge in [-0.05, 0) is 24.6 Å². The summed E-state index contributed by atoms with van der Waals surface area (Å²) in [5.74, 6) is -1.69. The number of aromatic nitrogens is 2. The van der Waals surface area contributed by atoms with Gasteiger partial charge in [0.2, 0.25) is 5.91 Å². The highest BCUT2D eigenvalue weighted by atomic mass is 35.5. The largest absolute Gasteiger partial charge is 0.470 e. The van der Waals surface area contributed by atoms with E-state index in [4.69, 9.17) is 16.1 Å². The van der Waals surface area contributed by atoms with Gasteiger partial charge in [0, 0.05) is 42.7 Å². The molecule has 2 heterocycles. The maximum Gasteiger partial charge on any atom is 0.470 e. The number of halogens is 3. The van der Waals surface area contributed by atoms with Gasteiger partial charge in [0.1, 0.15) is 29.6 Å². The summed E-state index contributed by atoms with van der Waals surface area (Å²) in [5.41, 5.74) is -0.939. The number of amides is 1. The Labute approximate surface area is 198 Å². The minimum absolute atomic E-state index is 0.0929. The summed E-state index contributed by atoms with van der Waals surface area (Å²) in [7, 11) is -5.00. The number of allylic oxidation sites excluding steroid dienone is 2. The van der Waals surface area contributed by atoms with E-state index in [9.17, 15) is 23.5 Å². The van der Waals surface area contributed by atoms with E-state index in [1.165, 1.54) is 18.2 Å². The summed E-state index contributed by atoms with van der Waals surface area (Å²) in [6.07, 6.45) is 3.24. The van der Waals surface area contributed by atoms with Crippen molar-refractivity contribution in [3.63, 3.8) is 0 Å². The van der Waals surface area contributed by atoms with Crippen LogP contribution in [0, 0.1) is 5.82 Å². The number of benzene rings is 1. The van der Waals surface area contributed by atoms with Crippen LogP contribution in [-0.4, -0.2) is 62.8 Å². The van der Waals surface area contributed by atoms with Crippen molar-refractivity contribution in [2.45, 2.75) is 12.5 Å². The molecular formula is C21H20ClF2N4O5P. The van der Waals surface area contributed by atoms with Crippen LogP contribution in [-0.2, 0) is 13.9 Å². The molecule has 1 aliphatic carbocycles. The number of rotatable bonds is 5. The standard InChI is InChI=1S/C21H20ClF2N4O5P/c1-2-16(29)27-6-8-28(9-7-27)21-12-10-13(22)17(19(24)20(12)25-11-26-21)18-14(23)4-3-5-15(18)33-34(30,31)32/h2-4,10-11,15H,1,5-9H2,(H2,30,31,32). The molecule has 0 spiro atoms. The van der Waals surface area contributed by atoms with Crippen LogP contribution in [0.2, 0.25) is 5.02 Å². The quantitative estimate of drug-likeness (QED) is 0.463. The number of anilines is 1. The van der Waals surface area contributed by atoms with Crippen LogP contribution < -0.4 is 4.90 Å². The SMILES string of the molecule is C=CC(=O)N1CCN(c2ncnc3c(F)c(C4=C(F)C=CCC4OP(=O)(O)O)c(Cl)cc23)CC1. The maximum absolute atomic E-state index is 15.7. The summed E-state index contributed by atoms with van der Waals surface area (Å²) in [4.78, 5) is 42.0. The van der Waals surface area contributed by atoms with Crippen molar-refractivity contribution in [1.29, 1.82) is 0 Å². The molecule has 1 fully saturated rings. The number of hydrogen-bond donors (Lipinski definition) is 2. The third-order valence-corrected chi connectivity index (χ3v) is 6.42. The third kappa shape index (κ3) is 4.75. The van der Waals surface area contributed by atoms with Gasteiger partial charge in [-0.1, -0.05) is 24.3 Å². The van der Waals surface area contributed by atoms with Crippen molar-refractivity contribution >= 4 is 47.6 Å². The number of hydrogen-bond acceptors (Lipinski definition) is 6. The molecule has 1 aromatic heterocycles. The highest BCUT2D eigenvalue weighted by molar-refractivity contribution is 7.46. The summed E-state index contributed by atoms with van der Waals surface area (Å²) in [6.45, 7) is 5.16. The van der Waals surface area contributed by atoms with E-state index in [-0.39, 0.29) is 33.8 Å². The van der Waals surface area contributed by atoms with Gasteiger partial charge in [0.15, 0.2) is 5.82 Å². The third-order valence-electron chi connectivity index (χ3n) is 5.59. The molecule has 34 heavy (non-hydrogen) atoms. The number of piperazine rings is 1. The Morgan fingerprint density at radius 3 is 2.62 bits per heavy atom. The number of fused-ring (bicyclic) bond motifs is 1. The second-order valence-electron chi connectivity index (χ2n) is 7.64. The molecule has 0 radical (unpaired) electrons. The molecular weight excluding hydrogens is 493 g/mol. The molecule has 1 unspecified atom stereocenters. The molecule has 1 aromatic carbocycles. The van der Waals surface area contributed by atoms with E-state index in [2.05, 4.69) is 16.5 Å². The van der Waals surface area contributed by atoms with Gasteiger partial charge in [-0.15, -0.1) is 0 Å². The molecule has 1 amide bonds. The molecule has 13 heteroatoms. The Kier molecular flexibility index (Phi) is 6.84. The van der Waals surface area contributed by atoms with Gasteiger partial charge in [-0.25, -0.2) is 23.3 Å². The zero-order valence-electron chi connectivity index (χ0n) is 17.7. The Morgan fingerprint density at radius 2 is 1.97 bits per heavy atom. The molecule has 2 aromatic rings. The zero-order valence-corrected chi connectivity index (χ0v) is 19.3. The average Bonchev–Trinajstić information content (AvgIpc) is 2.79. The Hall–Kier alpha value is -2.69. The van der Waals surface area contributed by atoms with Gasteiger partial charge in [0.25, 0.3) is 0 Å². The summed E-state index contributed by atoms with van der Waals surface area (Å²) in [5, 5.41) is 0.0818. The number of carbonyl (C=O) groups is 1. The zero-order chi connectivity index (χ0) is 24.6. The number of phosphoric ester groups is 1. The molecule has 0 bridgehead atoms. The Morgan fingerprint density at radius 1 is 1.26 bits per heavy atom. The molecule has 9 nitrogen and oxygen atoms in total. The van der Waals surface area contributed by atoms with Crippen molar-refractivity contribution in [3.8, 4) is 0 Å². The van der Waals surface area contributed by atoms with Crippen LogP contribution in [0.25, 0.3) is 16.5 Å². The lowest BCUT2D eigenvalue weighted by atomic mass is 9.92. The summed E-state index contributed by atoms with van der Waals surface area (Å²) >= 11 is 6.39. The summed E-state index contributed by atoms with van der Waals surface area (Å²) < 4.78 is 46.6. The molecule has 2 aliphatic rings. The van der Waals surface area contributed by atoms with Crippen LogP contribution in [0.5, 0.6) is 0 Å². The Balaban J connectivity index is 1.77. The van der Waals surface area contributed by atoms with E-state index in [1.54, 1.807) is 4.90 Å². The van der Waals surface area contributed by atoms with Crippen LogP contribution in [0.4, 0.5) is 14.6 Å². The molecule has 4 rings (SSSR count). The fourth-order valence-electron chi connectivity index (χ4n) is 4.08. The van der Waals surface area contributed by atoms with E-state index in [1.807, 2.05) is 4.90 Å². The number of carbonyl (C=O) groups excluding carboxylic acids is 1. The topological polar surface area (TPSA) is 116 Å². The van der Waals surface area contributed by atoms with E-state index < -0.39 is 31.1 Å². The number of nitrogens with zero attached hydrogens (tertiary/aromatic N) is 4. The lowest BCUT2D eigenvalue weighted by Crippen LogP contribution is -2.48. The lowest BCUT2D eigenvalue weighted by Gasteiger charge is -2.35. The molecule has 1 atom stereocenters. The van der Waals surface area contributed by atoms with E-state index in [0.717, 1.165) is 12.4 Å². The van der Waals surface area contributed by atoms with Gasteiger partial charge < -0.3 is 19.6 Å². The second kappa shape index (κ2) is 9.52. The van der Waals surface area contributed by atoms with Crippen molar-refractivity contribution in [2.24, 2.45) is 0 Å². The first-order chi connectivity index (χ1) is 16.1. The van der Waals surface area contributed by atoms with E-state index >= 15 is 4.39 Å². The van der Waals surface area contributed by atoms with E-state index in [0.29, 0.717) is 32.0 Å². The first-order valence-electron chi connectivity index (χ1n) is 10.2. The molecule has 0 saturated carbocycles. The van der Waals surface area contributed by atoms with Gasteiger partial charge >= 0.3 is 7.82 Å². The molecule has 1 saturated heterocycles. The molecule has 180 valence electrons. The van der Waals surface area contributed by atoms with Crippen molar-refractivity contribution in [3.05, 3.63) is 59.4 Å². The summed E-state index contributed by atoms with van der Waals surface area (Å²) in [6, 6.07) is 1.39. The van der Waals surface area contributed by atoms with Crippen LogP contribution in [0.15, 0.2) is 43.0 Å². The smallest absolute Gasteiger partial charge is 0.352 e. The molecule has 1 aliphatic heterocycles.